The lowest BCUT2D eigenvalue weighted by molar-refractivity contribution is -0.385. The maximum Gasteiger partial charge on any atom is 0.271 e. The third kappa shape index (κ3) is 4.25. The van der Waals surface area contributed by atoms with Gasteiger partial charge in [-0.05, 0) is 49.4 Å². The topological polar surface area (TPSA) is 105 Å². The molecule has 1 aromatic heterocycles. The van der Waals surface area contributed by atoms with Crippen molar-refractivity contribution >= 4 is 21.5 Å². The van der Waals surface area contributed by atoms with Gasteiger partial charge < -0.3 is 4.90 Å². The van der Waals surface area contributed by atoms with Crippen LogP contribution in [-0.2, 0) is 16.6 Å². The fraction of sp³-hybridized carbons (Fsp3) is 0.389. The molecule has 2 aromatic rings. The number of nitrogens with one attached hydrogen (secondary N) is 1. The summed E-state index contributed by atoms with van der Waals surface area (Å²) in [5.74, 6) is 0.893. The number of nitrogens with zero attached hydrogens (tertiary/aromatic N) is 3. The second-order valence-corrected chi connectivity index (χ2v) is 8.42. The van der Waals surface area contributed by atoms with Crippen molar-refractivity contribution in [3.8, 4) is 0 Å². The van der Waals surface area contributed by atoms with E-state index >= 15 is 0 Å². The van der Waals surface area contributed by atoms with Gasteiger partial charge >= 0.3 is 0 Å². The molecule has 1 fully saturated rings. The Labute approximate surface area is 158 Å². The Morgan fingerprint density at radius 1 is 1.22 bits per heavy atom. The van der Waals surface area contributed by atoms with Crippen molar-refractivity contribution in [3.63, 3.8) is 0 Å². The summed E-state index contributed by atoms with van der Waals surface area (Å²) in [6, 6.07) is 6.20. The van der Waals surface area contributed by atoms with Crippen LogP contribution in [0.3, 0.4) is 0 Å². The highest BCUT2D eigenvalue weighted by atomic mass is 32.2. The second-order valence-electron chi connectivity index (χ2n) is 6.69. The van der Waals surface area contributed by atoms with Gasteiger partial charge in [-0.3, -0.25) is 10.1 Å². The summed E-state index contributed by atoms with van der Waals surface area (Å²) in [5.41, 5.74) is 1.54. The molecule has 2 heterocycles. The molecule has 0 bridgehead atoms. The number of benzene rings is 1. The summed E-state index contributed by atoms with van der Waals surface area (Å²) in [5, 5.41) is 11.0. The molecule has 1 aliphatic heterocycles. The molecular weight excluding hydrogens is 368 g/mol. The lowest BCUT2D eigenvalue weighted by Gasteiger charge is -2.16. The van der Waals surface area contributed by atoms with E-state index in [0.717, 1.165) is 43.4 Å². The van der Waals surface area contributed by atoms with Crippen LogP contribution in [0.25, 0.3) is 0 Å². The van der Waals surface area contributed by atoms with E-state index in [2.05, 4.69) is 14.6 Å². The van der Waals surface area contributed by atoms with Gasteiger partial charge in [-0.15, -0.1) is 0 Å². The van der Waals surface area contributed by atoms with Crippen LogP contribution >= 0.6 is 0 Å². The van der Waals surface area contributed by atoms with Crippen LogP contribution in [-0.4, -0.2) is 31.4 Å². The Hall–Kier alpha value is -2.52. The van der Waals surface area contributed by atoms with Gasteiger partial charge in [-0.1, -0.05) is 6.07 Å². The maximum atomic E-state index is 12.7. The number of aromatic nitrogens is 1. The third-order valence-corrected chi connectivity index (χ3v) is 6.34. The fourth-order valence-electron chi connectivity index (χ4n) is 3.10. The molecule has 1 aliphatic rings. The number of hydrogen-bond acceptors (Lipinski definition) is 6. The number of nitro groups is 1. The first-order valence-electron chi connectivity index (χ1n) is 8.73. The number of hydrogen-bond donors (Lipinski definition) is 1. The third-order valence-electron chi connectivity index (χ3n) is 4.81. The van der Waals surface area contributed by atoms with E-state index < -0.39 is 14.9 Å². The van der Waals surface area contributed by atoms with Gasteiger partial charge in [0.05, 0.1) is 9.82 Å². The summed E-state index contributed by atoms with van der Waals surface area (Å²) in [6.45, 7) is 5.34. The smallest absolute Gasteiger partial charge is 0.271 e. The number of sulfonamides is 1. The van der Waals surface area contributed by atoms with E-state index in [9.17, 15) is 18.5 Å². The van der Waals surface area contributed by atoms with E-state index in [0.29, 0.717) is 11.1 Å². The van der Waals surface area contributed by atoms with Crippen molar-refractivity contribution < 1.29 is 13.3 Å². The first-order chi connectivity index (χ1) is 12.8. The molecule has 0 saturated carbocycles. The Kier molecular flexibility index (Phi) is 5.43. The molecule has 0 amide bonds. The number of nitro benzene ring substituents is 1. The van der Waals surface area contributed by atoms with Crippen molar-refractivity contribution in [1.29, 1.82) is 0 Å². The minimum absolute atomic E-state index is 0.0663. The van der Waals surface area contributed by atoms with Crippen molar-refractivity contribution in [2.75, 3.05) is 18.0 Å². The molecule has 0 radical (unpaired) electrons. The molecule has 27 heavy (non-hydrogen) atoms. The molecule has 144 valence electrons. The highest BCUT2D eigenvalue weighted by Gasteiger charge is 2.22. The molecule has 0 spiro atoms. The predicted octanol–water partition coefficient (Wildman–Crippen LogP) is 2.69. The molecular formula is C18H22N4O4S. The van der Waals surface area contributed by atoms with Crippen molar-refractivity contribution in [2.24, 2.45) is 0 Å². The van der Waals surface area contributed by atoms with Crippen LogP contribution in [0.4, 0.5) is 11.5 Å². The first-order valence-corrected chi connectivity index (χ1v) is 10.2. The number of aryl methyl sites for hydroxylation is 1. The van der Waals surface area contributed by atoms with Gasteiger partial charge in [-0.25, -0.2) is 18.1 Å². The number of pyridine rings is 1. The average Bonchev–Trinajstić information content (AvgIpc) is 3.17. The standard InChI is InChI=1S/C18H22N4O4S/c1-13-9-16(22(23)24)10-17(14(13)2)27(25,26)20-12-15-5-6-18(19-11-15)21-7-3-4-8-21/h5-6,9-11,20H,3-4,7-8,12H2,1-2H3. The Morgan fingerprint density at radius 3 is 2.52 bits per heavy atom. The zero-order chi connectivity index (χ0) is 19.6. The van der Waals surface area contributed by atoms with Gasteiger partial charge in [0.15, 0.2) is 0 Å². The predicted molar refractivity (Wildman–Crippen MR) is 102 cm³/mol. The molecule has 1 saturated heterocycles. The average molecular weight is 390 g/mol. The Bertz CT molecular complexity index is 952. The van der Waals surface area contributed by atoms with Gasteiger partial charge in [-0.2, -0.15) is 0 Å². The maximum absolute atomic E-state index is 12.7. The van der Waals surface area contributed by atoms with Crippen LogP contribution in [0.2, 0.25) is 0 Å². The molecule has 8 nitrogen and oxygen atoms in total. The molecule has 1 N–H and O–H groups in total. The SMILES string of the molecule is Cc1cc([N+](=O)[O-])cc(S(=O)(=O)NCc2ccc(N3CCCC3)nc2)c1C. The van der Waals surface area contributed by atoms with Crippen molar-refractivity contribution in [3.05, 3.63) is 57.3 Å². The highest BCUT2D eigenvalue weighted by Crippen LogP contribution is 2.25. The molecule has 9 heteroatoms. The van der Waals surface area contributed by atoms with E-state index in [1.807, 2.05) is 12.1 Å². The number of anilines is 1. The lowest BCUT2D eigenvalue weighted by atomic mass is 10.1. The Balaban J connectivity index is 1.76. The molecule has 0 atom stereocenters. The largest absolute Gasteiger partial charge is 0.357 e. The number of rotatable bonds is 6. The van der Waals surface area contributed by atoms with E-state index in [-0.39, 0.29) is 17.1 Å². The second kappa shape index (κ2) is 7.61. The highest BCUT2D eigenvalue weighted by molar-refractivity contribution is 7.89. The molecule has 1 aromatic carbocycles. The summed E-state index contributed by atoms with van der Waals surface area (Å²) in [7, 11) is -3.89. The molecule has 3 rings (SSSR count). The van der Waals surface area contributed by atoms with Crippen LogP contribution < -0.4 is 9.62 Å². The normalized spacial score (nSPS) is 14.5. The monoisotopic (exact) mass is 390 g/mol. The zero-order valence-electron chi connectivity index (χ0n) is 15.3. The van der Waals surface area contributed by atoms with Crippen LogP contribution in [0.15, 0.2) is 35.4 Å². The van der Waals surface area contributed by atoms with Crippen LogP contribution in [0.5, 0.6) is 0 Å². The quantitative estimate of drug-likeness (QED) is 0.600. The lowest BCUT2D eigenvalue weighted by Crippen LogP contribution is -2.24. The van der Waals surface area contributed by atoms with Crippen molar-refractivity contribution in [1.82, 2.24) is 9.71 Å². The van der Waals surface area contributed by atoms with Gasteiger partial charge in [0.2, 0.25) is 10.0 Å². The van der Waals surface area contributed by atoms with Gasteiger partial charge in [0.1, 0.15) is 5.82 Å². The van der Waals surface area contributed by atoms with E-state index in [1.165, 1.54) is 6.07 Å². The zero-order valence-corrected chi connectivity index (χ0v) is 16.1. The summed E-state index contributed by atoms with van der Waals surface area (Å²) in [6.07, 6.45) is 3.97. The molecule has 0 aliphatic carbocycles. The minimum Gasteiger partial charge on any atom is -0.357 e. The van der Waals surface area contributed by atoms with Gasteiger partial charge in [0.25, 0.3) is 5.69 Å². The number of non-ortho nitro benzene ring substituents is 1. The van der Waals surface area contributed by atoms with Crippen molar-refractivity contribution in [2.45, 2.75) is 38.1 Å². The van der Waals surface area contributed by atoms with Crippen LogP contribution in [0, 0.1) is 24.0 Å². The van der Waals surface area contributed by atoms with E-state index in [1.54, 1.807) is 20.0 Å². The van der Waals surface area contributed by atoms with E-state index in [4.69, 9.17) is 0 Å². The first kappa shape index (κ1) is 19.2. The molecule has 0 unspecified atom stereocenters. The van der Waals surface area contributed by atoms with Gasteiger partial charge in [0, 0.05) is 38.0 Å². The minimum atomic E-state index is -3.89. The summed E-state index contributed by atoms with van der Waals surface area (Å²) in [4.78, 5) is 17.0. The summed E-state index contributed by atoms with van der Waals surface area (Å²) >= 11 is 0. The van der Waals surface area contributed by atoms with Crippen LogP contribution in [0.1, 0.15) is 29.5 Å². The fourth-order valence-corrected chi connectivity index (χ4v) is 4.46. The Morgan fingerprint density at radius 2 is 1.93 bits per heavy atom. The summed E-state index contributed by atoms with van der Waals surface area (Å²) < 4.78 is 27.8.